The third-order valence-electron chi connectivity index (χ3n) is 7.67. The number of nitrogens with zero attached hydrogens (tertiary/aromatic N) is 4. The lowest BCUT2D eigenvalue weighted by molar-refractivity contribution is -0.140. The number of likely N-dealkylation sites (N-methyl/N-ethyl adjacent to an activating group) is 1. The van der Waals surface area contributed by atoms with Crippen molar-refractivity contribution >= 4 is 33.2 Å². The summed E-state index contributed by atoms with van der Waals surface area (Å²) in [6.45, 7) is 3.13. The fourth-order valence-electron chi connectivity index (χ4n) is 5.46. The molecule has 2 aliphatic rings. The molecule has 1 N–H and O–H groups in total. The molecule has 2 aliphatic heterocycles. The quantitative estimate of drug-likeness (QED) is 0.448. The molecule has 2 heterocycles. The molecule has 0 amide bonds. The van der Waals surface area contributed by atoms with Gasteiger partial charge in [0.1, 0.15) is 12.0 Å². The highest BCUT2D eigenvalue weighted by molar-refractivity contribution is 7.88. The van der Waals surface area contributed by atoms with Crippen molar-refractivity contribution in [3.05, 3.63) is 69.0 Å². The van der Waals surface area contributed by atoms with Crippen LogP contribution in [0.2, 0.25) is 10.0 Å². The molecule has 2 aromatic carbocycles. The summed E-state index contributed by atoms with van der Waals surface area (Å²) < 4.78 is 78.3. The van der Waals surface area contributed by atoms with Crippen molar-refractivity contribution in [2.24, 2.45) is 0 Å². The standard InChI is InChI=1S/C26H32Cl2F4N4O3S/c1-33(13-17-3-5-20(23(29)11-17)26(30,31)32)24-15-35(14-19(24)18-4-6-21(27)22(28)12-18)25(37)16-34-7-9-36(10-8-34)40(2,38)39/h3-6,11-12,19,24-25,37H,7-10,13-16H2,1-2H3. The number of benzene rings is 2. The number of sulfonamides is 1. The van der Waals surface area contributed by atoms with Crippen molar-refractivity contribution in [1.29, 1.82) is 0 Å². The topological polar surface area (TPSA) is 67.3 Å². The first-order chi connectivity index (χ1) is 18.6. The van der Waals surface area contributed by atoms with Gasteiger partial charge in [0.25, 0.3) is 0 Å². The van der Waals surface area contributed by atoms with Crippen LogP contribution >= 0.6 is 23.2 Å². The van der Waals surface area contributed by atoms with Crippen LogP contribution in [0, 0.1) is 5.82 Å². The number of likely N-dealkylation sites (tertiary alicyclic amines) is 1. The number of β-amino-alcohol motifs (C(OH)–C–C–N with tert-alkyl or cyclic N) is 1. The molecule has 0 bridgehead atoms. The number of halogens is 6. The molecule has 4 rings (SSSR count). The highest BCUT2D eigenvalue weighted by Crippen LogP contribution is 2.36. The molecule has 3 atom stereocenters. The fraction of sp³-hybridized carbons (Fsp3) is 0.538. The van der Waals surface area contributed by atoms with Gasteiger partial charge in [0, 0.05) is 64.3 Å². The van der Waals surface area contributed by atoms with E-state index in [1.165, 1.54) is 16.6 Å². The molecule has 2 aromatic rings. The highest BCUT2D eigenvalue weighted by atomic mass is 35.5. The van der Waals surface area contributed by atoms with Crippen molar-refractivity contribution in [1.82, 2.24) is 19.0 Å². The van der Waals surface area contributed by atoms with E-state index in [4.69, 9.17) is 23.2 Å². The van der Waals surface area contributed by atoms with Crippen LogP contribution in [0.3, 0.4) is 0 Å². The molecule has 40 heavy (non-hydrogen) atoms. The predicted octanol–water partition coefficient (Wildman–Crippen LogP) is 3.95. The Bertz CT molecular complexity index is 1310. The van der Waals surface area contributed by atoms with E-state index in [9.17, 15) is 31.1 Å². The number of rotatable bonds is 8. The average Bonchev–Trinajstić information content (AvgIpc) is 3.31. The number of hydrogen-bond acceptors (Lipinski definition) is 6. The van der Waals surface area contributed by atoms with E-state index in [0.29, 0.717) is 61.4 Å². The summed E-state index contributed by atoms with van der Waals surface area (Å²) in [6.07, 6.45) is -4.43. The summed E-state index contributed by atoms with van der Waals surface area (Å²) >= 11 is 12.4. The lowest BCUT2D eigenvalue weighted by atomic mass is 9.93. The van der Waals surface area contributed by atoms with Crippen LogP contribution in [0.1, 0.15) is 22.6 Å². The number of aliphatic hydroxyl groups excluding tert-OH is 1. The largest absolute Gasteiger partial charge is 0.419 e. The number of hydrogen-bond donors (Lipinski definition) is 1. The lowest BCUT2D eigenvalue weighted by Gasteiger charge is -2.36. The minimum absolute atomic E-state index is 0.129. The van der Waals surface area contributed by atoms with Gasteiger partial charge in [-0.05, 0) is 42.4 Å². The molecular weight excluding hydrogens is 595 g/mol. The van der Waals surface area contributed by atoms with E-state index in [2.05, 4.69) is 0 Å². The van der Waals surface area contributed by atoms with Crippen molar-refractivity contribution < 1.29 is 31.1 Å². The molecule has 222 valence electrons. The summed E-state index contributed by atoms with van der Waals surface area (Å²) in [5.74, 6) is -1.45. The van der Waals surface area contributed by atoms with Gasteiger partial charge in [-0.1, -0.05) is 35.3 Å². The summed E-state index contributed by atoms with van der Waals surface area (Å²) in [5, 5.41) is 11.9. The Morgan fingerprint density at radius 1 is 1.05 bits per heavy atom. The van der Waals surface area contributed by atoms with Gasteiger partial charge < -0.3 is 5.11 Å². The van der Waals surface area contributed by atoms with Gasteiger partial charge >= 0.3 is 6.18 Å². The van der Waals surface area contributed by atoms with Crippen LogP contribution in [0.4, 0.5) is 17.6 Å². The zero-order valence-electron chi connectivity index (χ0n) is 22.1. The second-order valence-corrected chi connectivity index (χ2v) is 13.3. The van der Waals surface area contributed by atoms with E-state index in [1.807, 2.05) is 27.8 Å². The monoisotopic (exact) mass is 626 g/mol. The van der Waals surface area contributed by atoms with Gasteiger partial charge in [0.2, 0.25) is 10.0 Å². The molecule has 0 aliphatic carbocycles. The Labute approximate surface area is 241 Å². The molecule has 3 unspecified atom stereocenters. The normalized spacial score (nSPS) is 22.8. The first-order valence-electron chi connectivity index (χ1n) is 12.7. The Hall–Kier alpha value is -1.51. The van der Waals surface area contributed by atoms with Gasteiger partial charge in [-0.3, -0.25) is 14.7 Å². The van der Waals surface area contributed by atoms with Crippen LogP contribution in [0.15, 0.2) is 36.4 Å². The first-order valence-corrected chi connectivity index (χ1v) is 15.3. The summed E-state index contributed by atoms with van der Waals surface area (Å²) in [6, 6.07) is 8.08. The van der Waals surface area contributed by atoms with Crippen LogP contribution < -0.4 is 0 Å². The maximum atomic E-state index is 14.2. The van der Waals surface area contributed by atoms with Crippen molar-refractivity contribution in [2.45, 2.75) is 30.9 Å². The number of aliphatic hydroxyl groups is 1. The third-order valence-corrected chi connectivity index (χ3v) is 9.71. The van der Waals surface area contributed by atoms with Gasteiger partial charge in [-0.25, -0.2) is 12.8 Å². The zero-order chi connectivity index (χ0) is 29.4. The lowest BCUT2D eigenvalue weighted by Crippen LogP contribution is -2.52. The van der Waals surface area contributed by atoms with Gasteiger partial charge in [0.15, 0.2) is 0 Å². The van der Waals surface area contributed by atoms with Gasteiger partial charge in [-0.15, -0.1) is 0 Å². The highest BCUT2D eigenvalue weighted by Gasteiger charge is 2.40. The molecule has 7 nitrogen and oxygen atoms in total. The smallest absolute Gasteiger partial charge is 0.377 e. The van der Waals surface area contributed by atoms with Crippen LogP contribution in [-0.2, 0) is 22.7 Å². The van der Waals surface area contributed by atoms with E-state index in [1.54, 1.807) is 12.1 Å². The molecule has 2 saturated heterocycles. The molecular formula is C26H32Cl2F4N4O3S. The molecule has 0 spiro atoms. The maximum absolute atomic E-state index is 14.2. The molecule has 2 fully saturated rings. The Morgan fingerprint density at radius 3 is 2.30 bits per heavy atom. The van der Waals surface area contributed by atoms with Crippen molar-refractivity contribution in [2.75, 3.05) is 59.1 Å². The Kier molecular flexibility index (Phi) is 9.73. The van der Waals surface area contributed by atoms with Crippen molar-refractivity contribution in [3.63, 3.8) is 0 Å². The van der Waals surface area contributed by atoms with Crippen LogP contribution in [0.5, 0.6) is 0 Å². The van der Waals surface area contributed by atoms with E-state index in [0.717, 1.165) is 17.7 Å². The third kappa shape index (κ3) is 7.46. The summed E-state index contributed by atoms with van der Waals surface area (Å²) in [4.78, 5) is 5.87. The molecule has 14 heteroatoms. The van der Waals surface area contributed by atoms with Crippen LogP contribution in [0.25, 0.3) is 0 Å². The fourth-order valence-corrected chi connectivity index (χ4v) is 6.59. The second-order valence-electron chi connectivity index (χ2n) is 10.5. The average molecular weight is 628 g/mol. The summed E-state index contributed by atoms with van der Waals surface area (Å²) in [7, 11) is -1.45. The minimum Gasteiger partial charge on any atom is -0.377 e. The summed E-state index contributed by atoms with van der Waals surface area (Å²) in [5.41, 5.74) is -0.0231. The number of alkyl halides is 3. The Balaban J connectivity index is 1.49. The van der Waals surface area contributed by atoms with Gasteiger partial charge in [0.05, 0.1) is 21.9 Å². The number of piperazine rings is 1. The maximum Gasteiger partial charge on any atom is 0.419 e. The molecule has 0 aromatic heterocycles. The second kappa shape index (κ2) is 12.4. The SMILES string of the molecule is CN(Cc1ccc(C(F)(F)F)c(F)c1)C1CN(C(O)CN2CCN(S(C)(=O)=O)CC2)CC1c1ccc(Cl)c(Cl)c1. The minimum atomic E-state index is -4.77. The van der Waals surface area contributed by atoms with Crippen molar-refractivity contribution in [3.8, 4) is 0 Å². The zero-order valence-corrected chi connectivity index (χ0v) is 24.4. The van der Waals surface area contributed by atoms with E-state index >= 15 is 0 Å². The first kappa shape index (κ1) is 31.4. The Morgan fingerprint density at radius 2 is 1.73 bits per heavy atom. The molecule has 0 radical (unpaired) electrons. The van der Waals surface area contributed by atoms with Crippen LogP contribution in [-0.4, -0.2) is 104 Å². The van der Waals surface area contributed by atoms with E-state index < -0.39 is 33.8 Å². The predicted molar refractivity (Wildman–Crippen MR) is 146 cm³/mol. The van der Waals surface area contributed by atoms with E-state index in [-0.39, 0.29) is 18.5 Å². The molecule has 0 saturated carbocycles. The van der Waals surface area contributed by atoms with Gasteiger partial charge in [-0.2, -0.15) is 17.5 Å².